The zero-order valence-electron chi connectivity index (χ0n) is 11.7. The van der Waals surface area contributed by atoms with Crippen LogP contribution in [-0.2, 0) is 0 Å². The lowest BCUT2D eigenvalue weighted by Crippen LogP contribution is -2.37. The Morgan fingerprint density at radius 1 is 1.37 bits per heavy atom. The summed E-state index contributed by atoms with van der Waals surface area (Å²) in [5.41, 5.74) is 0.677. The van der Waals surface area contributed by atoms with Crippen molar-refractivity contribution in [3.05, 3.63) is 17.3 Å². The Kier molecular flexibility index (Phi) is 5.82. The standard InChI is InChI=1S/C13H21N3O2.ClH/c1-9-12(18-10(2)15-9)13(17)16(3)11-5-4-7-14-8-6-11;/h11,14H,4-8H2,1-3H3;1H. The first-order valence-corrected chi connectivity index (χ1v) is 6.51. The Morgan fingerprint density at radius 2 is 2.11 bits per heavy atom. The van der Waals surface area contributed by atoms with Crippen molar-refractivity contribution in [3.63, 3.8) is 0 Å². The monoisotopic (exact) mass is 287 g/mol. The zero-order chi connectivity index (χ0) is 13.1. The number of oxazole rings is 1. The second kappa shape index (κ2) is 6.91. The highest BCUT2D eigenvalue weighted by Crippen LogP contribution is 2.17. The van der Waals surface area contributed by atoms with Crippen molar-refractivity contribution < 1.29 is 9.21 Å². The van der Waals surface area contributed by atoms with E-state index in [1.54, 1.807) is 11.8 Å². The van der Waals surface area contributed by atoms with Gasteiger partial charge in [0.25, 0.3) is 5.91 Å². The van der Waals surface area contributed by atoms with Crippen LogP contribution in [0.15, 0.2) is 4.42 Å². The van der Waals surface area contributed by atoms with Crippen LogP contribution >= 0.6 is 12.4 Å². The van der Waals surface area contributed by atoms with E-state index in [4.69, 9.17) is 4.42 Å². The molecule has 0 saturated carbocycles. The molecule has 19 heavy (non-hydrogen) atoms. The van der Waals surface area contributed by atoms with Crippen molar-refractivity contribution in [2.75, 3.05) is 20.1 Å². The highest BCUT2D eigenvalue weighted by molar-refractivity contribution is 5.92. The summed E-state index contributed by atoms with van der Waals surface area (Å²) in [5.74, 6) is 0.874. The van der Waals surface area contributed by atoms with Crippen LogP contribution in [0.5, 0.6) is 0 Å². The average molecular weight is 288 g/mol. The number of nitrogens with zero attached hydrogens (tertiary/aromatic N) is 2. The predicted molar refractivity (Wildman–Crippen MR) is 75.8 cm³/mol. The maximum atomic E-state index is 12.4. The van der Waals surface area contributed by atoms with E-state index in [9.17, 15) is 4.79 Å². The number of hydrogen-bond donors (Lipinski definition) is 1. The van der Waals surface area contributed by atoms with Gasteiger partial charge < -0.3 is 14.6 Å². The molecular weight excluding hydrogens is 266 g/mol. The summed E-state index contributed by atoms with van der Waals surface area (Å²) in [6, 6.07) is 0.289. The summed E-state index contributed by atoms with van der Waals surface area (Å²) in [6.07, 6.45) is 3.15. The highest BCUT2D eigenvalue weighted by Gasteiger charge is 2.26. The van der Waals surface area contributed by atoms with E-state index in [2.05, 4.69) is 10.3 Å². The van der Waals surface area contributed by atoms with E-state index in [1.165, 1.54) is 0 Å². The fourth-order valence-electron chi connectivity index (χ4n) is 2.44. The first-order valence-electron chi connectivity index (χ1n) is 6.51. The van der Waals surface area contributed by atoms with Crippen LogP contribution in [0, 0.1) is 13.8 Å². The first kappa shape index (κ1) is 16.0. The van der Waals surface area contributed by atoms with E-state index in [1.807, 2.05) is 14.0 Å². The van der Waals surface area contributed by atoms with Crippen molar-refractivity contribution in [1.29, 1.82) is 0 Å². The van der Waals surface area contributed by atoms with Crippen LogP contribution in [0.4, 0.5) is 0 Å². The Labute approximate surface area is 120 Å². The molecule has 1 aliphatic heterocycles. The average Bonchev–Trinajstić information content (AvgIpc) is 2.59. The summed E-state index contributed by atoms with van der Waals surface area (Å²) < 4.78 is 5.40. The van der Waals surface area contributed by atoms with Gasteiger partial charge >= 0.3 is 0 Å². The third-order valence-corrected chi connectivity index (χ3v) is 3.51. The van der Waals surface area contributed by atoms with Crippen molar-refractivity contribution >= 4 is 18.3 Å². The second-order valence-corrected chi connectivity index (χ2v) is 4.90. The van der Waals surface area contributed by atoms with Gasteiger partial charge in [0, 0.05) is 20.0 Å². The predicted octanol–water partition coefficient (Wildman–Crippen LogP) is 1.93. The van der Waals surface area contributed by atoms with Crippen LogP contribution in [0.25, 0.3) is 0 Å². The summed E-state index contributed by atoms with van der Waals surface area (Å²) in [6.45, 7) is 5.58. The van der Waals surface area contributed by atoms with E-state index in [-0.39, 0.29) is 24.4 Å². The molecule has 1 aromatic heterocycles. The molecule has 1 atom stereocenters. The Bertz CT molecular complexity index is 426. The topological polar surface area (TPSA) is 58.4 Å². The molecule has 0 aliphatic carbocycles. The van der Waals surface area contributed by atoms with Gasteiger partial charge in [0.05, 0.1) is 5.69 Å². The molecule has 1 fully saturated rings. The molecule has 0 aromatic carbocycles. The number of carbonyl (C=O) groups excluding carboxylic acids is 1. The molecule has 1 saturated heterocycles. The van der Waals surface area contributed by atoms with Gasteiger partial charge in [-0.1, -0.05) is 0 Å². The minimum Gasteiger partial charge on any atom is -0.436 e. The first-order chi connectivity index (χ1) is 8.59. The molecule has 5 nitrogen and oxygen atoms in total. The van der Waals surface area contributed by atoms with E-state index in [0.29, 0.717) is 17.3 Å². The third kappa shape index (κ3) is 3.70. The molecule has 0 bridgehead atoms. The van der Waals surface area contributed by atoms with Crippen LogP contribution < -0.4 is 5.32 Å². The molecule has 0 spiro atoms. The van der Waals surface area contributed by atoms with E-state index < -0.39 is 0 Å². The number of carbonyl (C=O) groups is 1. The highest BCUT2D eigenvalue weighted by atomic mass is 35.5. The summed E-state index contributed by atoms with van der Waals surface area (Å²) in [7, 11) is 1.86. The van der Waals surface area contributed by atoms with E-state index in [0.717, 1.165) is 32.4 Å². The zero-order valence-corrected chi connectivity index (χ0v) is 12.5. The lowest BCUT2D eigenvalue weighted by atomic mass is 10.1. The smallest absolute Gasteiger partial charge is 0.291 e. The fraction of sp³-hybridized carbons (Fsp3) is 0.692. The van der Waals surface area contributed by atoms with Gasteiger partial charge in [-0.25, -0.2) is 4.98 Å². The quantitative estimate of drug-likeness (QED) is 0.903. The molecule has 0 radical (unpaired) electrons. The maximum Gasteiger partial charge on any atom is 0.291 e. The number of hydrogen-bond acceptors (Lipinski definition) is 4. The largest absolute Gasteiger partial charge is 0.436 e. The third-order valence-electron chi connectivity index (χ3n) is 3.51. The van der Waals surface area contributed by atoms with Crippen molar-refractivity contribution in [2.45, 2.75) is 39.2 Å². The van der Waals surface area contributed by atoms with Crippen LogP contribution in [0.1, 0.15) is 41.4 Å². The number of rotatable bonds is 2. The minimum atomic E-state index is -0.0556. The van der Waals surface area contributed by atoms with Gasteiger partial charge in [-0.05, 0) is 39.3 Å². The Hall–Kier alpha value is -1.07. The summed E-state index contributed by atoms with van der Waals surface area (Å²) in [5, 5.41) is 3.35. The molecule has 2 heterocycles. The number of aryl methyl sites for hydroxylation is 2. The molecule has 108 valence electrons. The normalized spacial score (nSPS) is 19.4. The van der Waals surface area contributed by atoms with Crippen LogP contribution in [0.2, 0.25) is 0 Å². The lowest BCUT2D eigenvalue weighted by molar-refractivity contribution is 0.0686. The number of aromatic nitrogens is 1. The van der Waals surface area contributed by atoms with Gasteiger partial charge in [-0.3, -0.25) is 4.79 Å². The Balaban J connectivity index is 0.00000180. The van der Waals surface area contributed by atoms with E-state index >= 15 is 0 Å². The molecule has 1 unspecified atom stereocenters. The van der Waals surface area contributed by atoms with Crippen molar-refractivity contribution in [1.82, 2.24) is 15.2 Å². The number of amides is 1. The van der Waals surface area contributed by atoms with Gasteiger partial charge in [0.15, 0.2) is 5.89 Å². The molecule has 2 rings (SSSR count). The summed E-state index contributed by atoms with van der Waals surface area (Å²) in [4.78, 5) is 18.3. The number of halogens is 1. The maximum absolute atomic E-state index is 12.4. The fourth-order valence-corrected chi connectivity index (χ4v) is 2.44. The van der Waals surface area contributed by atoms with Crippen LogP contribution in [0.3, 0.4) is 0 Å². The van der Waals surface area contributed by atoms with Gasteiger partial charge in [0.2, 0.25) is 5.76 Å². The van der Waals surface area contributed by atoms with Gasteiger partial charge in [0.1, 0.15) is 0 Å². The molecule has 1 amide bonds. The number of nitrogens with one attached hydrogen (secondary N) is 1. The lowest BCUT2D eigenvalue weighted by Gasteiger charge is -2.26. The minimum absolute atomic E-state index is 0. The molecule has 6 heteroatoms. The van der Waals surface area contributed by atoms with Gasteiger partial charge in [-0.15, -0.1) is 12.4 Å². The van der Waals surface area contributed by atoms with Gasteiger partial charge in [-0.2, -0.15) is 0 Å². The second-order valence-electron chi connectivity index (χ2n) is 4.90. The Morgan fingerprint density at radius 3 is 2.74 bits per heavy atom. The molecule has 1 N–H and O–H groups in total. The SMILES string of the molecule is Cc1nc(C)c(C(=O)N(C)C2CCCNCC2)o1.Cl. The summed E-state index contributed by atoms with van der Waals surface area (Å²) >= 11 is 0. The van der Waals surface area contributed by atoms with Crippen molar-refractivity contribution in [3.8, 4) is 0 Å². The van der Waals surface area contributed by atoms with Crippen molar-refractivity contribution in [2.24, 2.45) is 0 Å². The molecule has 1 aromatic rings. The van der Waals surface area contributed by atoms with Crippen LogP contribution in [-0.4, -0.2) is 42.0 Å². The molecular formula is C13H22ClN3O2. The molecule has 1 aliphatic rings.